The van der Waals surface area contributed by atoms with E-state index >= 15 is 0 Å². The maximum Gasteiger partial charge on any atom is 0.260 e. The van der Waals surface area contributed by atoms with Crippen molar-refractivity contribution in [2.24, 2.45) is 0 Å². The van der Waals surface area contributed by atoms with Crippen LogP contribution >= 0.6 is 0 Å². The number of amides is 1. The Hall–Kier alpha value is -3.55. The normalized spacial score (nSPS) is 10.8. The van der Waals surface area contributed by atoms with Crippen LogP contribution in [0.2, 0.25) is 0 Å². The summed E-state index contributed by atoms with van der Waals surface area (Å²) in [7, 11) is 4.52. The zero-order chi connectivity index (χ0) is 21.8. The van der Waals surface area contributed by atoms with Gasteiger partial charge in [-0.3, -0.25) is 4.79 Å². The Labute approximate surface area is 175 Å². The van der Waals surface area contributed by atoms with Crippen molar-refractivity contribution in [3.05, 3.63) is 47.3 Å². The van der Waals surface area contributed by atoms with Crippen molar-refractivity contribution in [1.29, 1.82) is 0 Å². The summed E-state index contributed by atoms with van der Waals surface area (Å²) in [4.78, 5) is 17.6. The Kier molecular flexibility index (Phi) is 6.25. The van der Waals surface area contributed by atoms with Crippen LogP contribution in [0.25, 0.3) is 11.5 Å². The van der Waals surface area contributed by atoms with Gasteiger partial charge in [-0.15, -0.1) is 0 Å². The van der Waals surface area contributed by atoms with E-state index in [0.717, 1.165) is 5.56 Å². The van der Waals surface area contributed by atoms with Crippen molar-refractivity contribution in [1.82, 2.24) is 10.1 Å². The molecule has 0 fully saturated rings. The lowest BCUT2D eigenvalue weighted by molar-refractivity contribution is 0.102. The summed E-state index contributed by atoms with van der Waals surface area (Å²) in [6.45, 7) is 5.86. The fourth-order valence-electron chi connectivity index (χ4n) is 2.98. The van der Waals surface area contributed by atoms with E-state index in [9.17, 15) is 4.79 Å². The molecular formula is C22H25N3O5. The van der Waals surface area contributed by atoms with E-state index in [1.807, 2.05) is 39.0 Å². The molecule has 0 spiro atoms. The molecule has 3 rings (SSSR count). The molecule has 1 heterocycles. The number of anilines is 1. The molecule has 0 aliphatic carbocycles. The summed E-state index contributed by atoms with van der Waals surface area (Å²) >= 11 is 0. The third kappa shape index (κ3) is 4.07. The van der Waals surface area contributed by atoms with E-state index in [1.54, 1.807) is 12.1 Å². The monoisotopic (exact) mass is 411 g/mol. The Bertz CT molecular complexity index is 1060. The number of aryl methyl sites for hydroxylation is 1. The number of carbonyl (C=O) groups is 1. The highest BCUT2D eigenvalue weighted by Crippen LogP contribution is 2.36. The molecule has 0 aliphatic heterocycles. The highest BCUT2D eigenvalue weighted by atomic mass is 16.5. The number of nitrogens with zero attached hydrogens (tertiary/aromatic N) is 2. The first-order valence-corrected chi connectivity index (χ1v) is 9.44. The number of ether oxygens (including phenoxy) is 3. The number of benzene rings is 2. The van der Waals surface area contributed by atoms with Gasteiger partial charge in [0, 0.05) is 18.1 Å². The molecule has 0 saturated heterocycles. The summed E-state index contributed by atoms with van der Waals surface area (Å²) < 4.78 is 21.4. The van der Waals surface area contributed by atoms with Gasteiger partial charge < -0.3 is 24.1 Å². The Morgan fingerprint density at radius 3 is 2.30 bits per heavy atom. The van der Waals surface area contributed by atoms with Gasteiger partial charge in [-0.1, -0.05) is 31.1 Å². The molecule has 8 nitrogen and oxygen atoms in total. The average Bonchev–Trinajstić information content (AvgIpc) is 3.24. The molecule has 0 radical (unpaired) electrons. The lowest BCUT2D eigenvalue weighted by Crippen LogP contribution is -2.15. The Morgan fingerprint density at radius 2 is 1.70 bits per heavy atom. The molecule has 1 N–H and O–H groups in total. The molecule has 1 amide bonds. The second kappa shape index (κ2) is 8.86. The van der Waals surface area contributed by atoms with Gasteiger partial charge in [0.15, 0.2) is 17.3 Å². The molecular weight excluding hydrogens is 386 g/mol. The minimum absolute atomic E-state index is 0.126. The van der Waals surface area contributed by atoms with Crippen LogP contribution in [0, 0.1) is 6.92 Å². The summed E-state index contributed by atoms with van der Waals surface area (Å²) in [5.41, 5.74) is 2.38. The molecule has 0 atom stereocenters. The van der Waals surface area contributed by atoms with Gasteiger partial charge in [0.1, 0.15) is 5.75 Å². The number of para-hydroxylation sites is 1. The molecule has 30 heavy (non-hydrogen) atoms. The predicted molar refractivity (Wildman–Crippen MR) is 113 cm³/mol. The van der Waals surface area contributed by atoms with E-state index in [2.05, 4.69) is 15.5 Å². The zero-order valence-corrected chi connectivity index (χ0v) is 17.9. The van der Waals surface area contributed by atoms with Crippen LogP contribution in [-0.4, -0.2) is 37.4 Å². The van der Waals surface area contributed by atoms with Crippen molar-refractivity contribution in [3.8, 4) is 28.7 Å². The van der Waals surface area contributed by atoms with Gasteiger partial charge in [0.25, 0.3) is 11.8 Å². The zero-order valence-electron chi connectivity index (χ0n) is 17.9. The van der Waals surface area contributed by atoms with Crippen LogP contribution in [0.5, 0.6) is 17.2 Å². The first kappa shape index (κ1) is 21.2. The molecule has 158 valence electrons. The van der Waals surface area contributed by atoms with Crippen molar-refractivity contribution >= 4 is 11.6 Å². The number of rotatable bonds is 7. The smallest absolute Gasteiger partial charge is 0.260 e. The van der Waals surface area contributed by atoms with E-state index in [0.29, 0.717) is 45.8 Å². The maximum absolute atomic E-state index is 13.2. The third-order valence-corrected chi connectivity index (χ3v) is 4.65. The third-order valence-electron chi connectivity index (χ3n) is 4.65. The molecule has 8 heteroatoms. The number of nitrogens with one attached hydrogen (secondary N) is 1. The van der Waals surface area contributed by atoms with Crippen LogP contribution in [0.3, 0.4) is 0 Å². The molecule has 0 aliphatic rings. The van der Waals surface area contributed by atoms with Crippen molar-refractivity contribution in [2.45, 2.75) is 26.7 Å². The van der Waals surface area contributed by atoms with Gasteiger partial charge >= 0.3 is 0 Å². The van der Waals surface area contributed by atoms with Gasteiger partial charge in [0.2, 0.25) is 0 Å². The van der Waals surface area contributed by atoms with Crippen LogP contribution < -0.4 is 19.5 Å². The highest BCUT2D eigenvalue weighted by molar-refractivity contribution is 6.08. The average molecular weight is 411 g/mol. The second-order valence-electron chi connectivity index (χ2n) is 6.97. The topological polar surface area (TPSA) is 95.7 Å². The van der Waals surface area contributed by atoms with Crippen molar-refractivity contribution in [2.75, 3.05) is 26.6 Å². The number of hydrogen-bond donors (Lipinski definition) is 1. The molecule has 0 bridgehead atoms. The second-order valence-corrected chi connectivity index (χ2v) is 6.97. The molecule has 2 aromatic carbocycles. The minimum Gasteiger partial charge on any atom is -0.496 e. The standard InChI is InChI=1S/C22H25N3O5/c1-12(2)20-24-22(30-25-20)14-9-7-8-13(3)19(14)23-21(26)15-10-17(28-5)18(29-6)11-16(15)27-4/h7-12H,1-6H3,(H,23,26). The van der Waals surface area contributed by atoms with Gasteiger partial charge in [-0.2, -0.15) is 4.98 Å². The first-order valence-electron chi connectivity index (χ1n) is 9.44. The van der Waals surface area contributed by atoms with E-state index < -0.39 is 0 Å². The summed E-state index contributed by atoms with van der Waals surface area (Å²) in [6, 6.07) is 8.78. The SMILES string of the molecule is COc1cc(OC)c(C(=O)Nc2c(C)cccc2-c2nc(C(C)C)no2)cc1OC. The van der Waals surface area contributed by atoms with Crippen molar-refractivity contribution in [3.63, 3.8) is 0 Å². The summed E-state index contributed by atoms with van der Waals surface area (Å²) in [5.74, 6) is 1.96. The lowest BCUT2D eigenvalue weighted by atomic mass is 10.1. The molecule has 1 aromatic heterocycles. The number of hydrogen-bond acceptors (Lipinski definition) is 7. The van der Waals surface area contributed by atoms with Crippen molar-refractivity contribution < 1.29 is 23.5 Å². The molecule has 3 aromatic rings. The van der Waals surface area contributed by atoms with Gasteiger partial charge in [-0.05, 0) is 18.6 Å². The van der Waals surface area contributed by atoms with E-state index in [-0.39, 0.29) is 11.8 Å². The van der Waals surface area contributed by atoms with Gasteiger partial charge in [0.05, 0.1) is 38.1 Å². The largest absolute Gasteiger partial charge is 0.496 e. The van der Waals surface area contributed by atoms with Crippen LogP contribution in [0.4, 0.5) is 5.69 Å². The quantitative estimate of drug-likeness (QED) is 0.614. The van der Waals surface area contributed by atoms with E-state index in [4.69, 9.17) is 18.7 Å². The van der Waals surface area contributed by atoms with Crippen LogP contribution in [0.15, 0.2) is 34.9 Å². The molecule has 0 saturated carbocycles. The Balaban J connectivity index is 2.02. The van der Waals surface area contributed by atoms with Crippen LogP contribution in [-0.2, 0) is 0 Å². The van der Waals surface area contributed by atoms with E-state index in [1.165, 1.54) is 21.3 Å². The Morgan fingerprint density at radius 1 is 1.03 bits per heavy atom. The summed E-state index contributed by atoms with van der Waals surface area (Å²) in [6.07, 6.45) is 0. The minimum atomic E-state index is -0.369. The van der Waals surface area contributed by atoms with Crippen LogP contribution in [0.1, 0.15) is 41.5 Å². The maximum atomic E-state index is 13.2. The fraction of sp³-hybridized carbons (Fsp3) is 0.318. The number of methoxy groups -OCH3 is 3. The number of carbonyl (C=O) groups excluding carboxylic acids is 1. The fourth-order valence-corrected chi connectivity index (χ4v) is 2.98. The lowest BCUT2D eigenvalue weighted by Gasteiger charge is -2.16. The van der Waals surface area contributed by atoms with Gasteiger partial charge in [-0.25, -0.2) is 0 Å². The summed E-state index contributed by atoms with van der Waals surface area (Å²) in [5, 5.41) is 6.97. The first-order chi connectivity index (χ1) is 14.4. The number of aromatic nitrogens is 2. The highest BCUT2D eigenvalue weighted by Gasteiger charge is 2.22. The molecule has 0 unspecified atom stereocenters. The predicted octanol–water partition coefficient (Wildman–Crippen LogP) is 4.45.